The van der Waals surface area contributed by atoms with Gasteiger partial charge in [-0.15, -0.1) is 0 Å². The molecule has 1 aliphatic rings. The number of aromatic nitrogens is 1. The zero-order valence-corrected chi connectivity index (χ0v) is 29.4. The van der Waals surface area contributed by atoms with Gasteiger partial charge in [0.2, 0.25) is 0 Å². The Hall–Kier alpha value is -2.91. The summed E-state index contributed by atoms with van der Waals surface area (Å²) in [5.41, 5.74) is 1.55. The lowest BCUT2D eigenvalue weighted by Crippen LogP contribution is -2.49. The average Bonchev–Trinajstić information content (AvgIpc) is 2.99. The van der Waals surface area contributed by atoms with Crippen LogP contribution in [0, 0.1) is 5.92 Å². The Morgan fingerprint density at radius 2 is 1.69 bits per heavy atom. The van der Waals surface area contributed by atoms with Gasteiger partial charge < -0.3 is 19.1 Å². The molecule has 1 aliphatic carbocycles. The molecule has 1 aromatic heterocycles. The number of carbonyl (C=O) groups is 1. The van der Waals surface area contributed by atoms with E-state index in [0.29, 0.717) is 60.1 Å². The monoisotopic (exact) mass is 658 g/mol. The molecule has 0 radical (unpaired) electrons. The minimum Gasteiger partial charge on any atom is -0.493 e. The van der Waals surface area contributed by atoms with Crippen LogP contribution < -0.4 is 4.74 Å². The van der Waals surface area contributed by atoms with Gasteiger partial charge in [0, 0.05) is 66.7 Å². The molecular weight excluding hydrogens is 611 g/mol. The highest BCUT2D eigenvalue weighted by atomic mass is 35.5. The highest BCUT2D eigenvalue weighted by Crippen LogP contribution is 2.34. The number of hydrogen-bond donors (Lipinski definition) is 0. The van der Waals surface area contributed by atoms with E-state index in [4.69, 9.17) is 47.4 Å². The fourth-order valence-corrected chi connectivity index (χ4v) is 5.20. The molecule has 0 spiro atoms. The summed E-state index contributed by atoms with van der Waals surface area (Å²) in [6.45, 7) is 14.6. The highest BCUT2D eigenvalue weighted by Gasteiger charge is 2.34. The number of halogens is 2. The molecule has 2 aromatic rings. The van der Waals surface area contributed by atoms with Crippen LogP contribution in [0.4, 0.5) is 4.79 Å². The van der Waals surface area contributed by atoms with E-state index in [2.05, 4.69) is 40.7 Å². The molecule has 45 heavy (non-hydrogen) atoms. The fourth-order valence-electron chi connectivity index (χ4n) is 4.91. The topological polar surface area (TPSA) is 76.5 Å². The van der Waals surface area contributed by atoms with Gasteiger partial charge in [0.1, 0.15) is 11.6 Å². The Balaban J connectivity index is 2.30. The van der Waals surface area contributed by atoms with Crippen LogP contribution in [-0.2, 0) is 21.4 Å². The number of carbonyl (C=O) groups excluding carboxylic acids is 1. The van der Waals surface area contributed by atoms with E-state index >= 15 is 0 Å². The van der Waals surface area contributed by atoms with Gasteiger partial charge in [-0.05, 0) is 51.0 Å². The molecule has 0 N–H and O–H groups in total. The molecule has 1 unspecified atom stereocenters. The molecule has 3 rings (SSSR count). The van der Waals surface area contributed by atoms with E-state index in [1.807, 2.05) is 49.4 Å². The Labute approximate surface area is 279 Å². The zero-order valence-electron chi connectivity index (χ0n) is 27.9. The summed E-state index contributed by atoms with van der Waals surface area (Å²) < 4.78 is 17.0. The Morgan fingerprint density at radius 3 is 2.22 bits per heavy atom. The summed E-state index contributed by atoms with van der Waals surface area (Å²) in [6, 6.07) is 9.20. The summed E-state index contributed by atoms with van der Waals surface area (Å²) in [6.07, 6.45) is 8.50. The van der Waals surface area contributed by atoms with E-state index in [-0.39, 0.29) is 23.9 Å². The van der Waals surface area contributed by atoms with Gasteiger partial charge in [0.05, 0.1) is 37.5 Å². The SMILES string of the molecule is CCOc1cc(C(C)(C)C)ncc1/C(=N/C(C)(C)C1C=CC(Cl)=CC1)N(Cc1ccc(Cl)cc1)C(=O)N(CCOC)CCOC. The van der Waals surface area contributed by atoms with Crippen molar-refractivity contribution >= 4 is 35.1 Å². The third kappa shape index (κ3) is 10.3. The zero-order chi connectivity index (χ0) is 33.2. The maximum Gasteiger partial charge on any atom is 0.326 e. The molecule has 1 aromatic carbocycles. The second kappa shape index (κ2) is 16.6. The number of amidine groups is 1. The molecule has 0 bridgehead atoms. The van der Waals surface area contributed by atoms with Crippen molar-refractivity contribution in [1.29, 1.82) is 0 Å². The van der Waals surface area contributed by atoms with Crippen molar-refractivity contribution in [2.24, 2.45) is 10.9 Å². The maximum absolute atomic E-state index is 14.7. The fraction of sp³-hybridized carbons (Fsp3) is 0.514. The number of hydrogen-bond acceptors (Lipinski definition) is 6. The first-order valence-corrected chi connectivity index (χ1v) is 16.1. The third-order valence-corrected chi connectivity index (χ3v) is 8.21. The lowest BCUT2D eigenvalue weighted by Gasteiger charge is -2.36. The summed E-state index contributed by atoms with van der Waals surface area (Å²) in [7, 11) is 3.24. The van der Waals surface area contributed by atoms with Crippen molar-refractivity contribution in [2.75, 3.05) is 47.1 Å². The summed E-state index contributed by atoms with van der Waals surface area (Å²) in [4.78, 5) is 28.4. The van der Waals surface area contributed by atoms with Crippen LogP contribution in [0.25, 0.3) is 0 Å². The molecule has 0 saturated heterocycles. The molecule has 8 nitrogen and oxygen atoms in total. The van der Waals surface area contributed by atoms with Crippen molar-refractivity contribution in [3.63, 3.8) is 0 Å². The first-order chi connectivity index (χ1) is 21.3. The average molecular weight is 660 g/mol. The van der Waals surface area contributed by atoms with Crippen LogP contribution in [0.3, 0.4) is 0 Å². The third-order valence-electron chi connectivity index (χ3n) is 7.67. The van der Waals surface area contributed by atoms with Crippen LogP contribution in [0.1, 0.15) is 64.8 Å². The lowest BCUT2D eigenvalue weighted by atomic mass is 9.83. The van der Waals surface area contributed by atoms with Gasteiger partial charge in [-0.25, -0.2) is 4.79 Å². The Bertz CT molecular complexity index is 1360. The molecule has 1 heterocycles. The first kappa shape index (κ1) is 36.6. The minimum atomic E-state index is -0.630. The van der Waals surface area contributed by atoms with Gasteiger partial charge in [-0.1, -0.05) is 68.3 Å². The van der Waals surface area contributed by atoms with Gasteiger partial charge in [0.25, 0.3) is 0 Å². The lowest BCUT2D eigenvalue weighted by molar-refractivity contribution is 0.112. The number of allylic oxidation sites excluding steroid dienone is 3. The van der Waals surface area contributed by atoms with Crippen LogP contribution in [0.5, 0.6) is 5.75 Å². The number of aliphatic imine (C=N–C) groups is 1. The number of methoxy groups -OCH3 is 2. The summed E-state index contributed by atoms with van der Waals surface area (Å²) >= 11 is 12.5. The normalized spacial score (nSPS) is 15.6. The predicted octanol–water partition coefficient (Wildman–Crippen LogP) is 7.87. The molecule has 0 aliphatic heterocycles. The molecular formula is C35H48Cl2N4O4. The van der Waals surface area contributed by atoms with Crippen LogP contribution in [0.15, 0.2) is 64.8 Å². The van der Waals surface area contributed by atoms with Gasteiger partial charge in [-0.3, -0.25) is 14.9 Å². The van der Waals surface area contributed by atoms with Gasteiger partial charge in [0.15, 0.2) is 0 Å². The van der Waals surface area contributed by atoms with Crippen LogP contribution in [0.2, 0.25) is 5.02 Å². The van der Waals surface area contributed by atoms with Crippen LogP contribution in [-0.4, -0.2) is 79.3 Å². The smallest absolute Gasteiger partial charge is 0.326 e. The standard InChI is InChI=1S/C35H48Cl2N4O4/c1-9-45-30-22-31(34(2,3)4)38-23-29(30)32(39-35(5,6)26-12-16-28(37)17-13-26)41(24-25-10-14-27(36)15-11-25)33(42)40(18-20-43-7)19-21-44-8/h10-12,14-17,22-23,26H,9,13,18-21,24H2,1-8H3/b39-32-. The highest BCUT2D eigenvalue weighted by molar-refractivity contribution is 6.31. The first-order valence-electron chi connectivity index (χ1n) is 15.4. The van der Waals surface area contributed by atoms with E-state index in [1.54, 1.807) is 30.2 Å². The van der Waals surface area contributed by atoms with Crippen molar-refractivity contribution in [3.8, 4) is 5.75 Å². The Kier molecular flexibility index (Phi) is 13.5. The Morgan fingerprint density at radius 1 is 1.04 bits per heavy atom. The number of amides is 2. The van der Waals surface area contributed by atoms with Crippen LogP contribution >= 0.6 is 23.2 Å². The summed E-state index contributed by atoms with van der Waals surface area (Å²) in [5, 5.41) is 1.32. The summed E-state index contributed by atoms with van der Waals surface area (Å²) in [5.74, 6) is 1.12. The predicted molar refractivity (Wildman–Crippen MR) is 184 cm³/mol. The number of nitrogens with zero attached hydrogens (tertiary/aromatic N) is 4. The molecule has 0 fully saturated rings. The van der Waals surface area contributed by atoms with E-state index in [0.717, 1.165) is 17.7 Å². The molecule has 0 saturated carbocycles. The number of urea groups is 1. The number of benzene rings is 1. The minimum absolute atomic E-state index is 0.0397. The second-order valence-electron chi connectivity index (χ2n) is 12.6. The largest absolute Gasteiger partial charge is 0.493 e. The van der Waals surface area contributed by atoms with Gasteiger partial charge >= 0.3 is 6.03 Å². The quantitative estimate of drug-likeness (QED) is 0.162. The number of rotatable bonds is 13. The van der Waals surface area contributed by atoms with Crippen molar-refractivity contribution in [3.05, 3.63) is 81.6 Å². The van der Waals surface area contributed by atoms with E-state index < -0.39 is 5.54 Å². The number of pyridine rings is 1. The van der Waals surface area contributed by atoms with E-state index in [1.165, 1.54) is 0 Å². The molecule has 10 heteroatoms. The van der Waals surface area contributed by atoms with Crippen molar-refractivity contribution < 1.29 is 19.0 Å². The van der Waals surface area contributed by atoms with Gasteiger partial charge in [-0.2, -0.15) is 0 Å². The number of ether oxygens (including phenoxy) is 3. The molecule has 2 amide bonds. The van der Waals surface area contributed by atoms with Crippen molar-refractivity contribution in [2.45, 2.75) is 65.5 Å². The van der Waals surface area contributed by atoms with Crippen molar-refractivity contribution in [1.82, 2.24) is 14.8 Å². The van der Waals surface area contributed by atoms with E-state index in [9.17, 15) is 4.79 Å². The molecule has 246 valence electrons. The second-order valence-corrected chi connectivity index (χ2v) is 13.5. The maximum atomic E-state index is 14.7. The molecule has 1 atom stereocenters.